The largest absolute Gasteiger partial charge is 0.496 e. The van der Waals surface area contributed by atoms with E-state index >= 15 is 0 Å². The Morgan fingerprint density at radius 1 is 1.57 bits per heavy atom. The predicted molar refractivity (Wildman–Crippen MR) is 58.2 cm³/mol. The monoisotopic (exact) mass is 193 g/mol. The van der Waals surface area contributed by atoms with Crippen LogP contribution in [0.2, 0.25) is 0 Å². The van der Waals surface area contributed by atoms with Crippen molar-refractivity contribution < 1.29 is 4.74 Å². The molecule has 78 valence electrons. The van der Waals surface area contributed by atoms with Gasteiger partial charge in [0.05, 0.1) is 12.3 Å². The third-order valence-corrected chi connectivity index (χ3v) is 3.10. The van der Waals surface area contributed by atoms with E-state index in [1.165, 1.54) is 12.8 Å². The van der Waals surface area contributed by atoms with Crippen LogP contribution < -0.4 is 0 Å². The van der Waals surface area contributed by atoms with Gasteiger partial charge in [-0.1, -0.05) is 13.8 Å². The van der Waals surface area contributed by atoms with Crippen LogP contribution in [0.15, 0.2) is 16.4 Å². The number of allylic oxidation sites excluding steroid dienone is 2. The van der Waals surface area contributed by atoms with Gasteiger partial charge in [-0.2, -0.15) is 0 Å². The fourth-order valence-corrected chi connectivity index (χ4v) is 2.46. The van der Waals surface area contributed by atoms with Crippen LogP contribution >= 0.6 is 0 Å². The first-order valence-electron chi connectivity index (χ1n) is 5.56. The highest BCUT2D eigenvalue weighted by atomic mass is 16.5. The van der Waals surface area contributed by atoms with Gasteiger partial charge in [-0.15, -0.1) is 0 Å². The van der Waals surface area contributed by atoms with Crippen molar-refractivity contribution >= 4 is 6.21 Å². The average molecular weight is 193 g/mol. The van der Waals surface area contributed by atoms with Crippen molar-refractivity contribution in [3.63, 3.8) is 0 Å². The maximum atomic E-state index is 5.65. The van der Waals surface area contributed by atoms with Crippen molar-refractivity contribution in [2.24, 2.45) is 22.7 Å². The zero-order valence-electron chi connectivity index (χ0n) is 9.29. The van der Waals surface area contributed by atoms with Gasteiger partial charge in [-0.3, -0.25) is 4.99 Å². The molecule has 0 aliphatic carbocycles. The zero-order chi connectivity index (χ0) is 10.1. The van der Waals surface area contributed by atoms with Gasteiger partial charge in [0.1, 0.15) is 5.76 Å². The topological polar surface area (TPSA) is 21.6 Å². The molecule has 0 spiro atoms. The van der Waals surface area contributed by atoms with Crippen LogP contribution in [-0.4, -0.2) is 12.8 Å². The van der Waals surface area contributed by atoms with Crippen LogP contribution in [0.5, 0.6) is 0 Å². The minimum atomic E-state index is 0.608. The fraction of sp³-hybridized carbons (Fsp3) is 0.750. The van der Waals surface area contributed by atoms with Gasteiger partial charge in [0.25, 0.3) is 0 Å². The predicted octanol–water partition coefficient (Wildman–Crippen LogP) is 3.00. The summed E-state index contributed by atoms with van der Waals surface area (Å²) in [4.78, 5) is 4.44. The first-order chi connectivity index (χ1) is 6.68. The van der Waals surface area contributed by atoms with Crippen LogP contribution in [-0.2, 0) is 4.74 Å². The molecule has 0 aromatic rings. The molecule has 0 bridgehead atoms. The molecule has 0 amide bonds. The van der Waals surface area contributed by atoms with Gasteiger partial charge < -0.3 is 4.74 Å². The average Bonchev–Trinajstić information content (AvgIpc) is 2.58. The second kappa shape index (κ2) is 3.76. The third kappa shape index (κ3) is 1.70. The first kappa shape index (κ1) is 9.75. The second-order valence-corrected chi connectivity index (χ2v) is 4.76. The summed E-state index contributed by atoms with van der Waals surface area (Å²) in [5.41, 5.74) is 1.09. The van der Waals surface area contributed by atoms with Gasteiger partial charge in [0.15, 0.2) is 0 Å². The van der Waals surface area contributed by atoms with E-state index in [1.807, 2.05) is 0 Å². The van der Waals surface area contributed by atoms with Gasteiger partial charge in [-0.05, 0) is 25.7 Å². The summed E-state index contributed by atoms with van der Waals surface area (Å²) in [5, 5.41) is 0. The van der Waals surface area contributed by atoms with Crippen molar-refractivity contribution in [3.8, 4) is 0 Å². The number of aliphatic imine (C=N–C) groups is 1. The molecule has 0 saturated carbocycles. The minimum Gasteiger partial charge on any atom is -0.496 e. The smallest absolute Gasteiger partial charge is 0.121 e. The number of fused-ring (bicyclic) bond motifs is 1. The standard InChI is InChI=1S/C12H19NO/c1-8(2)6-10-7-13-9(3)12-11(10)4-5-14-12/h7-8,10-11H,4-6H2,1-3H3. The van der Waals surface area contributed by atoms with E-state index in [4.69, 9.17) is 4.74 Å². The summed E-state index contributed by atoms with van der Waals surface area (Å²) in [5.74, 6) is 3.14. The van der Waals surface area contributed by atoms with Crippen molar-refractivity contribution in [3.05, 3.63) is 11.5 Å². The Morgan fingerprint density at radius 3 is 3.07 bits per heavy atom. The van der Waals surface area contributed by atoms with Crippen LogP contribution in [0.3, 0.4) is 0 Å². The third-order valence-electron chi connectivity index (χ3n) is 3.10. The van der Waals surface area contributed by atoms with Crippen LogP contribution in [0.25, 0.3) is 0 Å². The van der Waals surface area contributed by atoms with E-state index in [9.17, 15) is 0 Å². The Balaban J connectivity index is 2.13. The molecule has 2 heteroatoms. The molecule has 1 fully saturated rings. The summed E-state index contributed by atoms with van der Waals surface area (Å²) in [6.07, 6.45) is 4.54. The normalized spacial score (nSPS) is 30.9. The van der Waals surface area contributed by atoms with Gasteiger partial charge >= 0.3 is 0 Å². The van der Waals surface area contributed by atoms with Gasteiger partial charge in [0, 0.05) is 18.1 Å². The molecule has 2 nitrogen and oxygen atoms in total. The minimum absolute atomic E-state index is 0.608. The second-order valence-electron chi connectivity index (χ2n) is 4.76. The van der Waals surface area contributed by atoms with Crippen LogP contribution in [0.4, 0.5) is 0 Å². The maximum absolute atomic E-state index is 5.65. The number of nitrogens with zero attached hydrogens (tertiary/aromatic N) is 1. The lowest BCUT2D eigenvalue weighted by Gasteiger charge is -2.24. The molecule has 1 saturated heterocycles. The number of hydrogen-bond donors (Lipinski definition) is 0. The molecule has 2 aliphatic rings. The summed E-state index contributed by atoms with van der Waals surface area (Å²) < 4.78 is 5.65. The summed E-state index contributed by atoms with van der Waals surface area (Å²) in [7, 11) is 0. The van der Waals surface area contributed by atoms with E-state index in [0.717, 1.165) is 24.0 Å². The molecular formula is C12H19NO. The molecule has 2 unspecified atom stereocenters. The van der Waals surface area contributed by atoms with E-state index in [2.05, 4.69) is 32.0 Å². The van der Waals surface area contributed by atoms with Crippen LogP contribution in [0.1, 0.15) is 33.6 Å². The molecule has 0 radical (unpaired) electrons. The quantitative estimate of drug-likeness (QED) is 0.660. The van der Waals surface area contributed by atoms with Gasteiger partial charge in [0.2, 0.25) is 0 Å². The lowest BCUT2D eigenvalue weighted by molar-refractivity contribution is 0.247. The molecule has 0 aromatic heterocycles. The Kier molecular flexibility index (Phi) is 2.62. The Bertz CT molecular complexity index is 278. The number of ether oxygens (including phenoxy) is 1. The molecule has 0 aromatic carbocycles. The summed E-state index contributed by atoms with van der Waals surface area (Å²) in [6.45, 7) is 7.48. The number of rotatable bonds is 2. The summed E-state index contributed by atoms with van der Waals surface area (Å²) >= 11 is 0. The highest BCUT2D eigenvalue weighted by Gasteiger charge is 2.33. The molecular weight excluding hydrogens is 174 g/mol. The highest BCUT2D eigenvalue weighted by molar-refractivity contribution is 5.65. The van der Waals surface area contributed by atoms with Crippen LogP contribution in [0, 0.1) is 17.8 Å². The first-order valence-corrected chi connectivity index (χ1v) is 5.56. The zero-order valence-corrected chi connectivity index (χ0v) is 9.29. The Labute approximate surface area is 86.1 Å². The lowest BCUT2D eigenvalue weighted by atomic mass is 9.82. The molecule has 14 heavy (non-hydrogen) atoms. The van der Waals surface area contributed by atoms with E-state index in [1.54, 1.807) is 0 Å². The van der Waals surface area contributed by atoms with E-state index in [-0.39, 0.29) is 0 Å². The lowest BCUT2D eigenvalue weighted by Crippen LogP contribution is -2.21. The van der Waals surface area contributed by atoms with E-state index in [0.29, 0.717) is 11.8 Å². The summed E-state index contributed by atoms with van der Waals surface area (Å²) in [6, 6.07) is 0. The van der Waals surface area contributed by atoms with Gasteiger partial charge in [-0.25, -0.2) is 0 Å². The molecule has 0 N–H and O–H groups in total. The van der Waals surface area contributed by atoms with Crippen molar-refractivity contribution in [1.29, 1.82) is 0 Å². The van der Waals surface area contributed by atoms with Crippen molar-refractivity contribution in [2.75, 3.05) is 6.61 Å². The van der Waals surface area contributed by atoms with E-state index < -0.39 is 0 Å². The highest BCUT2D eigenvalue weighted by Crippen LogP contribution is 2.38. The molecule has 2 aliphatic heterocycles. The maximum Gasteiger partial charge on any atom is 0.121 e. The van der Waals surface area contributed by atoms with Crippen molar-refractivity contribution in [2.45, 2.75) is 33.6 Å². The number of hydrogen-bond acceptors (Lipinski definition) is 2. The fourth-order valence-electron chi connectivity index (χ4n) is 2.46. The Hall–Kier alpha value is -0.790. The molecule has 2 atom stereocenters. The van der Waals surface area contributed by atoms with Crippen molar-refractivity contribution in [1.82, 2.24) is 0 Å². The molecule has 2 heterocycles. The molecule has 2 rings (SSSR count). The SMILES string of the molecule is CC1=C2OCCC2C(CC(C)C)C=N1. The Morgan fingerprint density at radius 2 is 2.36 bits per heavy atom.